The fourth-order valence-electron chi connectivity index (χ4n) is 3.82. The van der Waals surface area contributed by atoms with Crippen LogP contribution in [-0.4, -0.2) is 47.2 Å². The number of halogens is 1. The Bertz CT molecular complexity index is 952. The minimum Gasteiger partial charge on any atom is -0.325 e. The highest BCUT2D eigenvalue weighted by Gasteiger charge is 2.36. The monoisotopic (exact) mass is 455 g/mol. The van der Waals surface area contributed by atoms with Crippen molar-refractivity contribution in [1.29, 1.82) is 0 Å². The van der Waals surface area contributed by atoms with Gasteiger partial charge in [0.1, 0.15) is 6.54 Å². The zero-order valence-electron chi connectivity index (χ0n) is 16.0. The standard InChI is InChI=1S/C22H22BrN3O3/c23-16-6-9-18-19(12-16)22(29)26(21(18)28)14-20(27)24-17-7-4-15(5-8-17)13-25-10-2-1-3-11-25/h4-9,12H,1-3,10-11,13-14H2,(H,24,27). The summed E-state index contributed by atoms with van der Waals surface area (Å²) in [7, 11) is 0. The van der Waals surface area contributed by atoms with Gasteiger partial charge in [-0.25, -0.2) is 0 Å². The van der Waals surface area contributed by atoms with E-state index in [-0.39, 0.29) is 6.54 Å². The molecule has 1 N–H and O–H groups in total. The van der Waals surface area contributed by atoms with Gasteiger partial charge in [-0.05, 0) is 61.8 Å². The van der Waals surface area contributed by atoms with Gasteiger partial charge >= 0.3 is 0 Å². The van der Waals surface area contributed by atoms with Crippen molar-refractivity contribution in [3.8, 4) is 0 Å². The Kier molecular flexibility index (Phi) is 5.78. The second-order valence-corrected chi connectivity index (χ2v) is 8.38. The average Bonchev–Trinajstić information content (AvgIpc) is 2.94. The van der Waals surface area contributed by atoms with E-state index >= 15 is 0 Å². The number of anilines is 1. The SMILES string of the molecule is O=C(CN1C(=O)c2ccc(Br)cc2C1=O)Nc1ccc(CN2CCCCC2)cc1. The lowest BCUT2D eigenvalue weighted by Gasteiger charge is -2.26. The molecule has 0 spiro atoms. The van der Waals surface area contributed by atoms with Crippen LogP contribution in [0.3, 0.4) is 0 Å². The van der Waals surface area contributed by atoms with Gasteiger partial charge < -0.3 is 5.32 Å². The fraction of sp³-hybridized carbons (Fsp3) is 0.318. The molecule has 2 aliphatic heterocycles. The van der Waals surface area contributed by atoms with E-state index in [1.54, 1.807) is 18.2 Å². The molecule has 150 valence electrons. The van der Waals surface area contributed by atoms with Crippen LogP contribution in [0.1, 0.15) is 45.5 Å². The van der Waals surface area contributed by atoms with Gasteiger partial charge in [-0.1, -0.05) is 34.5 Å². The Balaban J connectivity index is 1.35. The number of hydrogen-bond acceptors (Lipinski definition) is 4. The molecule has 0 radical (unpaired) electrons. The number of hydrogen-bond donors (Lipinski definition) is 1. The summed E-state index contributed by atoms with van der Waals surface area (Å²) in [5, 5.41) is 2.77. The maximum atomic E-state index is 12.5. The van der Waals surface area contributed by atoms with E-state index in [0.717, 1.165) is 24.5 Å². The fourth-order valence-corrected chi connectivity index (χ4v) is 4.18. The van der Waals surface area contributed by atoms with Crippen molar-refractivity contribution >= 4 is 39.3 Å². The molecule has 0 aliphatic carbocycles. The molecule has 0 unspecified atom stereocenters. The third-order valence-electron chi connectivity index (χ3n) is 5.33. The highest BCUT2D eigenvalue weighted by atomic mass is 79.9. The van der Waals surface area contributed by atoms with Gasteiger partial charge in [-0.3, -0.25) is 24.2 Å². The normalized spacial score (nSPS) is 16.8. The number of carbonyl (C=O) groups is 3. The number of amides is 3. The lowest BCUT2D eigenvalue weighted by Crippen LogP contribution is -2.37. The molecule has 0 saturated carbocycles. The van der Waals surface area contributed by atoms with Crippen molar-refractivity contribution in [2.45, 2.75) is 25.8 Å². The number of piperidine rings is 1. The molecule has 1 fully saturated rings. The Morgan fingerprint density at radius 2 is 1.62 bits per heavy atom. The molecule has 7 heteroatoms. The van der Waals surface area contributed by atoms with Crippen LogP contribution in [0.15, 0.2) is 46.9 Å². The van der Waals surface area contributed by atoms with Gasteiger partial charge in [0.15, 0.2) is 0 Å². The Labute approximate surface area is 178 Å². The number of imide groups is 1. The zero-order chi connectivity index (χ0) is 20.4. The Hall–Kier alpha value is -2.51. The van der Waals surface area contributed by atoms with Crippen LogP contribution in [-0.2, 0) is 11.3 Å². The van der Waals surface area contributed by atoms with E-state index in [1.165, 1.54) is 24.8 Å². The van der Waals surface area contributed by atoms with Crippen LogP contribution in [0.25, 0.3) is 0 Å². The lowest BCUT2D eigenvalue weighted by molar-refractivity contribution is -0.116. The van der Waals surface area contributed by atoms with E-state index in [0.29, 0.717) is 21.3 Å². The maximum absolute atomic E-state index is 12.5. The van der Waals surface area contributed by atoms with Crippen molar-refractivity contribution < 1.29 is 14.4 Å². The smallest absolute Gasteiger partial charge is 0.262 e. The summed E-state index contributed by atoms with van der Waals surface area (Å²) in [6.45, 7) is 2.88. The summed E-state index contributed by atoms with van der Waals surface area (Å²) in [4.78, 5) is 40.8. The van der Waals surface area contributed by atoms with Crippen LogP contribution < -0.4 is 5.32 Å². The van der Waals surface area contributed by atoms with E-state index in [2.05, 4.69) is 26.1 Å². The van der Waals surface area contributed by atoms with Crippen LogP contribution in [0.5, 0.6) is 0 Å². The van der Waals surface area contributed by atoms with Gasteiger partial charge in [0.05, 0.1) is 11.1 Å². The number of fused-ring (bicyclic) bond motifs is 1. The molecule has 2 heterocycles. The largest absolute Gasteiger partial charge is 0.325 e. The zero-order valence-corrected chi connectivity index (χ0v) is 17.6. The van der Waals surface area contributed by atoms with E-state index in [1.807, 2.05) is 24.3 Å². The Morgan fingerprint density at radius 3 is 2.34 bits per heavy atom. The summed E-state index contributed by atoms with van der Waals surface area (Å²) < 4.78 is 0.716. The molecule has 2 aliphatic rings. The molecule has 1 saturated heterocycles. The third-order valence-corrected chi connectivity index (χ3v) is 5.82. The molecule has 6 nitrogen and oxygen atoms in total. The molecular weight excluding hydrogens is 434 g/mol. The summed E-state index contributed by atoms with van der Waals surface area (Å²) in [5.41, 5.74) is 2.50. The molecule has 2 aromatic carbocycles. The molecule has 3 amide bonds. The van der Waals surface area contributed by atoms with Gasteiger partial charge in [0.2, 0.25) is 5.91 Å². The summed E-state index contributed by atoms with van der Waals surface area (Å²) >= 11 is 3.30. The molecule has 2 aromatic rings. The quantitative estimate of drug-likeness (QED) is 0.698. The predicted octanol–water partition coefficient (Wildman–Crippen LogP) is 3.67. The third kappa shape index (κ3) is 4.41. The van der Waals surface area contributed by atoms with Crippen molar-refractivity contribution in [2.75, 3.05) is 25.0 Å². The first-order valence-electron chi connectivity index (χ1n) is 9.78. The van der Waals surface area contributed by atoms with Gasteiger partial charge in [0.25, 0.3) is 11.8 Å². The average molecular weight is 456 g/mol. The summed E-state index contributed by atoms with van der Waals surface area (Å²) in [6, 6.07) is 12.6. The molecular formula is C22H22BrN3O3. The summed E-state index contributed by atoms with van der Waals surface area (Å²) in [6.07, 6.45) is 3.82. The van der Waals surface area contributed by atoms with Gasteiger partial charge in [-0.15, -0.1) is 0 Å². The highest BCUT2D eigenvalue weighted by molar-refractivity contribution is 9.10. The molecule has 4 rings (SSSR count). The first-order valence-corrected chi connectivity index (χ1v) is 10.6. The topological polar surface area (TPSA) is 69.7 Å². The number of rotatable bonds is 5. The minimum absolute atomic E-state index is 0.306. The molecule has 0 bridgehead atoms. The second-order valence-electron chi connectivity index (χ2n) is 7.47. The van der Waals surface area contributed by atoms with Crippen LogP contribution in [0.2, 0.25) is 0 Å². The van der Waals surface area contributed by atoms with Crippen molar-refractivity contribution in [2.24, 2.45) is 0 Å². The number of carbonyl (C=O) groups excluding carboxylic acids is 3. The number of nitrogens with one attached hydrogen (secondary N) is 1. The highest BCUT2D eigenvalue weighted by Crippen LogP contribution is 2.26. The predicted molar refractivity (Wildman–Crippen MR) is 114 cm³/mol. The molecule has 0 aromatic heterocycles. The van der Waals surface area contributed by atoms with Crippen molar-refractivity contribution in [3.05, 3.63) is 63.6 Å². The first-order chi connectivity index (χ1) is 14.0. The Morgan fingerprint density at radius 1 is 0.931 bits per heavy atom. The van der Waals surface area contributed by atoms with Crippen LogP contribution >= 0.6 is 15.9 Å². The van der Waals surface area contributed by atoms with Crippen molar-refractivity contribution in [1.82, 2.24) is 9.80 Å². The van der Waals surface area contributed by atoms with Crippen molar-refractivity contribution in [3.63, 3.8) is 0 Å². The molecule has 0 atom stereocenters. The lowest BCUT2D eigenvalue weighted by atomic mass is 10.1. The van der Waals surface area contributed by atoms with Crippen LogP contribution in [0, 0.1) is 0 Å². The first kappa shape index (κ1) is 19.8. The van der Waals surface area contributed by atoms with Gasteiger partial charge in [0, 0.05) is 16.7 Å². The number of nitrogens with zero attached hydrogens (tertiary/aromatic N) is 2. The number of likely N-dealkylation sites (tertiary alicyclic amines) is 1. The molecule has 29 heavy (non-hydrogen) atoms. The van der Waals surface area contributed by atoms with E-state index in [4.69, 9.17) is 0 Å². The van der Waals surface area contributed by atoms with E-state index in [9.17, 15) is 14.4 Å². The maximum Gasteiger partial charge on any atom is 0.262 e. The van der Waals surface area contributed by atoms with Crippen LogP contribution in [0.4, 0.5) is 5.69 Å². The minimum atomic E-state index is -0.446. The summed E-state index contributed by atoms with van der Waals surface area (Å²) in [5.74, 6) is -1.29. The second kappa shape index (κ2) is 8.47. The van der Waals surface area contributed by atoms with E-state index < -0.39 is 17.7 Å². The van der Waals surface area contributed by atoms with Gasteiger partial charge in [-0.2, -0.15) is 0 Å². The number of benzene rings is 2.